The van der Waals surface area contributed by atoms with E-state index in [1.54, 1.807) is 0 Å². The summed E-state index contributed by atoms with van der Waals surface area (Å²) in [5, 5.41) is 0. The maximum atomic E-state index is 9.67. The third-order valence-electron chi connectivity index (χ3n) is 0.564. The van der Waals surface area contributed by atoms with Gasteiger partial charge in [0.25, 0.3) is 0 Å². The Morgan fingerprint density at radius 3 is 2.22 bits per heavy atom. The molecule has 4 heteroatoms. The number of hydrogen-bond donors (Lipinski definition) is 0. The van der Waals surface area contributed by atoms with E-state index in [1.807, 2.05) is 0 Å². The van der Waals surface area contributed by atoms with E-state index >= 15 is 0 Å². The number of carbonyl (C=O) groups excluding carboxylic acids is 1. The zero-order valence-electron chi connectivity index (χ0n) is 4.48. The first-order valence-corrected chi connectivity index (χ1v) is 3.37. The molecule has 1 nitrogen and oxygen atoms in total. The summed E-state index contributed by atoms with van der Waals surface area (Å²) in [6.45, 7) is 0. The monoisotopic (exact) mass is 186 g/mol. The first-order chi connectivity index (χ1) is 4.06. The Morgan fingerprint density at radius 2 is 1.89 bits per heavy atom. The van der Waals surface area contributed by atoms with E-state index < -0.39 is 3.79 Å². The molecular formula is C5H5Cl3O. The van der Waals surface area contributed by atoms with E-state index in [0.29, 0.717) is 6.29 Å². The van der Waals surface area contributed by atoms with Crippen LogP contribution in [0.25, 0.3) is 0 Å². The van der Waals surface area contributed by atoms with Gasteiger partial charge in [-0.3, -0.25) is 4.79 Å². The highest BCUT2D eigenvalue weighted by Crippen LogP contribution is 2.29. The van der Waals surface area contributed by atoms with Gasteiger partial charge in [-0.05, 0) is 6.08 Å². The van der Waals surface area contributed by atoms with Gasteiger partial charge in [-0.15, -0.1) is 0 Å². The number of carbonyl (C=O) groups is 1. The largest absolute Gasteiger partial charge is 0.299 e. The van der Waals surface area contributed by atoms with E-state index in [1.165, 1.54) is 12.2 Å². The van der Waals surface area contributed by atoms with Crippen molar-refractivity contribution in [1.82, 2.24) is 0 Å². The predicted molar refractivity (Wildman–Crippen MR) is 40.1 cm³/mol. The lowest BCUT2D eigenvalue weighted by Crippen LogP contribution is -1.97. The molecular weight excluding hydrogens is 182 g/mol. The third kappa shape index (κ3) is 8.28. The van der Waals surface area contributed by atoms with Crippen LogP contribution in [-0.2, 0) is 4.79 Å². The molecule has 0 fully saturated rings. The fourth-order valence-electron chi connectivity index (χ4n) is 0.257. The number of hydrogen-bond acceptors (Lipinski definition) is 1. The Bertz CT molecular complexity index is 114. The zero-order valence-corrected chi connectivity index (χ0v) is 6.75. The zero-order chi connectivity index (χ0) is 7.33. The SMILES string of the molecule is O=CC=CCC(Cl)(Cl)Cl. The van der Waals surface area contributed by atoms with Crippen molar-refractivity contribution >= 4 is 41.1 Å². The Kier molecular flexibility index (Phi) is 4.28. The summed E-state index contributed by atoms with van der Waals surface area (Å²) >= 11 is 16.0. The molecule has 0 radical (unpaired) electrons. The van der Waals surface area contributed by atoms with Crippen LogP contribution >= 0.6 is 34.8 Å². The molecule has 0 aromatic heterocycles. The van der Waals surface area contributed by atoms with E-state index in [4.69, 9.17) is 34.8 Å². The van der Waals surface area contributed by atoms with Gasteiger partial charge in [-0.25, -0.2) is 0 Å². The van der Waals surface area contributed by atoms with Gasteiger partial charge in [0.05, 0.1) is 0 Å². The van der Waals surface area contributed by atoms with Crippen LogP contribution in [0.3, 0.4) is 0 Å². The number of aldehydes is 1. The van der Waals surface area contributed by atoms with Crippen molar-refractivity contribution in [3.8, 4) is 0 Å². The van der Waals surface area contributed by atoms with Gasteiger partial charge in [0, 0.05) is 6.42 Å². The minimum absolute atomic E-state index is 0.260. The lowest BCUT2D eigenvalue weighted by atomic mass is 10.4. The van der Waals surface area contributed by atoms with Gasteiger partial charge < -0.3 is 0 Å². The topological polar surface area (TPSA) is 17.1 Å². The van der Waals surface area contributed by atoms with Crippen LogP contribution in [-0.4, -0.2) is 10.1 Å². The summed E-state index contributed by atoms with van der Waals surface area (Å²) in [6, 6.07) is 0. The molecule has 0 rings (SSSR count). The van der Waals surface area contributed by atoms with Crippen LogP contribution in [0.4, 0.5) is 0 Å². The van der Waals surface area contributed by atoms with Crippen molar-refractivity contribution < 1.29 is 4.79 Å². The molecule has 0 saturated carbocycles. The van der Waals surface area contributed by atoms with E-state index in [0.717, 1.165) is 0 Å². The normalized spacial score (nSPS) is 12.3. The summed E-state index contributed by atoms with van der Waals surface area (Å²) in [5.74, 6) is 0. The molecule has 0 saturated heterocycles. The molecule has 9 heavy (non-hydrogen) atoms. The summed E-state index contributed by atoms with van der Waals surface area (Å²) in [4.78, 5) is 9.67. The Balaban J connectivity index is 3.50. The molecule has 0 aromatic carbocycles. The molecule has 0 atom stereocenters. The maximum Gasteiger partial charge on any atom is 0.194 e. The number of halogens is 3. The van der Waals surface area contributed by atoms with E-state index in [2.05, 4.69) is 0 Å². The van der Waals surface area contributed by atoms with Crippen molar-refractivity contribution in [2.45, 2.75) is 10.2 Å². The first-order valence-electron chi connectivity index (χ1n) is 2.23. The van der Waals surface area contributed by atoms with Crippen molar-refractivity contribution in [2.24, 2.45) is 0 Å². The maximum absolute atomic E-state index is 9.67. The highest BCUT2D eigenvalue weighted by atomic mass is 35.6. The summed E-state index contributed by atoms with van der Waals surface area (Å²) in [7, 11) is 0. The molecule has 0 spiro atoms. The Morgan fingerprint density at radius 1 is 1.33 bits per heavy atom. The Hall–Kier alpha value is 0.280. The summed E-state index contributed by atoms with van der Waals surface area (Å²) in [5.41, 5.74) is 0. The molecule has 0 aliphatic heterocycles. The second-order valence-electron chi connectivity index (χ2n) is 1.38. The van der Waals surface area contributed by atoms with E-state index in [9.17, 15) is 4.79 Å². The highest BCUT2D eigenvalue weighted by Gasteiger charge is 2.16. The molecule has 0 aliphatic carbocycles. The van der Waals surface area contributed by atoms with Crippen molar-refractivity contribution in [3.05, 3.63) is 12.2 Å². The number of allylic oxidation sites excluding steroid dienone is 2. The van der Waals surface area contributed by atoms with Crippen LogP contribution in [0.5, 0.6) is 0 Å². The van der Waals surface area contributed by atoms with Gasteiger partial charge in [-0.2, -0.15) is 0 Å². The molecule has 0 unspecified atom stereocenters. The molecule has 0 bridgehead atoms. The van der Waals surface area contributed by atoms with Gasteiger partial charge in [0.2, 0.25) is 0 Å². The summed E-state index contributed by atoms with van der Waals surface area (Å²) in [6.07, 6.45) is 3.69. The highest BCUT2D eigenvalue weighted by molar-refractivity contribution is 6.67. The van der Waals surface area contributed by atoms with Gasteiger partial charge in [0.15, 0.2) is 3.79 Å². The summed E-state index contributed by atoms with van der Waals surface area (Å²) < 4.78 is -1.28. The minimum Gasteiger partial charge on any atom is -0.299 e. The van der Waals surface area contributed by atoms with Crippen LogP contribution in [0.2, 0.25) is 0 Å². The fraction of sp³-hybridized carbons (Fsp3) is 0.400. The van der Waals surface area contributed by atoms with Crippen LogP contribution < -0.4 is 0 Å². The van der Waals surface area contributed by atoms with Gasteiger partial charge in [0.1, 0.15) is 6.29 Å². The van der Waals surface area contributed by atoms with E-state index in [-0.39, 0.29) is 6.42 Å². The molecule has 0 N–H and O–H groups in total. The molecule has 0 heterocycles. The van der Waals surface area contributed by atoms with Gasteiger partial charge >= 0.3 is 0 Å². The standard InChI is InChI=1S/C5H5Cl3O/c6-5(7,8)3-1-2-4-9/h1-2,4H,3H2. The number of rotatable bonds is 2. The average Bonchev–Trinajstić information content (AvgIpc) is 1.63. The quantitative estimate of drug-likeness (QED) is 0.369. The second-order valence-corrected chi connectivity index (χ2v) is 3.90. The number of alkyl halides is 3. The van der Waals surface area contributed by atoms with Crippen LogP contribution in [0, 0.1) is 0 Å². The van der Waals surface area contributed by atoms with Crippen LogP contribution in [0.1, 0.15) is 6.42 Å². The molecule has 0 aromatic rings. The molecule has 52 valence electrons. The van der Waals surface area contributed by atoms with Crippen molar-refractivity contribution in [3.63, 3.8) is 0 Å². The molecule has 0 amide bonds. The van der Waals surface area contributed by atoms with Crippen LogP contribution in [0.15, 0.2) is 12.2 Å². The smallest absolute Gasteiger partial charge is 0.194 e. The average molecular weight is 187 g/mol. The second kappa shape index (κ2) is 4.15. The predicted octanol–water partition coefficient (Wildman–Crippen LogP) is 2.50. The lowest BCUT2D eigenvalue weighted by Gasteiger charge is -2.04. The minimum atomic E-state index is -1.28. The van der Waals surface area contributed by atoms with Crippen molar-refractivity contribution in [2.75, 3.05) is 0 Å². The third-order valence-corrected chi connectivity index (χ3v) is 1.03. The fourth-order valence-corrected chi connectivity index (χ4v) is 0.524. The van der Waals surface area contributed by atoms with Crippen molar-refractivity contribution in [1.29, 1.82) is 0 Å². The molecule has 0 aliphatic rings. The van der Waals surface area contributed by atoms with Gasteiger partial charge in [-0.1, -0.05) is 40.9 Å². The lowest BCUT2D eigenvalue weighted by molar-refractivity contribution is -0.104. The Labute approximate surface area is 68.6 Å². The first kappa shape index (κ1) is 9.28.